The predicted molar refractivity (Wildman–Crippen MR) is 50.7 cm³/mol. The van der Waals surface area contributed by atoms with E-state index >= 15 is 0 Å². The number of phenols is 1. The molecule has 1 atom stereocenters. The lowest BCUT2D eigenvalue weighted by Gasteiger charge is -2.14. The summed E-state index contributed by atoms with van der Waals surface area (Å²) in [5.41, 5.74) is 4.47. The van der Waals surface area contributed by atoms with Crippen molar-refractivity contribution in [1.82, 2.24) is 0 Å². The summed E-state index contributed by atoms with van der Waals surface area (Å²) in [6.45, 7) is 1.46. The third-order valence-corrected chi connectivity index (χ3v) is 2.20. The highest BCUT2D eigenvalue weighted by molar-refractivity contribution is 6.32. The zero-order chi connectivity index (χ0) is 11.8. The van der Waals surface area contributed by atoms with Crippen molar-refractivity contribution >= 4 is 11.6 Å². The minimum absolute atomic E-state index is 0.0187. The summed E-state index contributed by atoms with van der Waals surface area (Å²) in [4.78, 5) is 0. The number of alkyl halides is 3. The second-order valence-electron chi connectivity index (χ2n) is 3.18. The predicted octanol–water partition coefficient (Wildman–Crippen LogP) is 3.08. The number of hydrogen-bond acceptors (Lipinski definition) is 2. The smallest absolute Gasteiger partial charge is 0.416 e. The van der Waals surface area contributed by atoms with Gasteiger partial charge in [-0.3, -0.25) is 0 Å². The number of halogens is 4. The third kappa shape index (κ3) is 2.54. The summed E-state index contributed by atoms with van der Waals surface area (Å²) in [6.07, 6.45) is -4.50. The molecule has 0 saturated heterocycles. The Labute approximate surface area is 89.5 Å². The molecule has 3 N–H and O–H groups in total. The van der Waals surface area contributed by atoms with Crippen LogP contribution in [0.25, 0.3) is 0 Å². The second kappa shape index (κ2) is 3.90. The lowest BCUT2D eigenvalue weighted by molar-refractivity contribution is -0.137. The number of rotatable bonds is 1. The average molecular weight is 240 g/mol. The van der Waals surface area contributed by atoms with Gasteiger partial charge in [0, 0.05) is 11.6 Å². The van der Waals surface area contributed by atoms with Gasteiger partial charge in [-0.15, -0.1) is 0 Å². The highest BCUT2D eigenvalue weighted by atomic mass is 35.5. The van der Waals surface area contributed by atoms with E-state index < -0.39 is 23.5 Å². The van der Waals surface area contributed by atoms with Crippen LogP contribution < -0.4 is 5.73 Å². The van der Waals surface area contributed by atoms with Crippen molar-refractivity contribution in [3.63, 3.8) is 0 Å². The quantitative estimate of drug-likeness (QED) is 0.791. The Morgan fingerprint density at radius 1 is 1.40 bits per heavy atom. The molecule has 0 heterocycles. The van der Waals surface area contributed by atoms with E-state index in [0.717, 1.165) is 6.07 Å². The summed E-state index contributed by atoms with van der Waals surface area (Å²) in [7, 11) is 0. The third-order valence-electron chi connectivity index (χ3n) is 1.91. The molecule has 0 aliphatic carbocycles. The molecule has 6 heteroatoms. The maximum absolute atomic E-state index is 12.4. The van der Waals surface area contributed by atoms with Gasteiger partial charge in [0.05, 0.1) is 10.6 Å². The van der Waals surface area contributed by atoms with Crippen molar-refractivity contribution in [2.75, 3.05) is 0 Å². The molecule has 0 aromatic heterocycles. The van der Waals surface area contributed by atoms with Crippen molar-refractivity contribution in [2.24, 2.45) is 5.73 Å². The second-order valence-corrected chi connectivity index (χ2v) is 3.59. The lowest BCUT2D eigenvalue weighted by atomic mass is 10.0. The SMILES string of the molecule is CC(N)c1cc(C(F)(F)F)cc(Cl)c1O. The van der Waals surface area contributed by atoms with Crippen LogP contribution in [0.3, 0.4) is 0 Å². The highest BCUT2D eigenvalue weighted by Gasteiger charge is 2.32. The van der Waals surface area contributed by atoms with E-state index in [1.165, 1.54) is 6.92 Å². The van der Waals surface area contributed by atoms with Gasteiger partial charge in [0.2, 0.25) is 0 Å². The molecule has 0 saturated carbocycles. The van der Waals surface area contributed by atoms with Gasteiger partial charge in [-0.1, -0.05) is 11.6 Å². The van der Waals surface area contributed by atoms with Gasteiger partial charge in [-0.2, -0.15) is 13.2 Å². The zero-order valence-corrected chi connectivity index (χ0v) is 8.52. The Balaban J connectivity index is 3.36. The first-order valence-corrected chi connectivity index (χ1v) is 4.46. The molecule has 1 aromatic rings. The van der Waals surface area contributed by atoms with E-state index in [4.69, 9.17) is 17.3 Å². The van der Waals surface area contributed by atoms with Crippen LogP contribution in [-0.2, 0) is 6.18 Å². The van der Waals surface area contributed by atoms with Crippen LogP contribution in [0.15, 0.2) is 12.1 Å². The fourth-order valence-corrected chi connectivity index (χ4v) is 1.36. The number of aromatic hydroxyl groups is 1. The Morgan fingerprint density at radius 2 is 1.93 bits per heavy atom. The molecule has 0 spiro atoms. The van der Waals surface area contributed by atoms with Crippen molar-refractivity contribution in [1.29, 1.82) is 0 Å². The zero-order valence-electron chi connectivity index (χ0n) is 7.77. The van der Waals surface area contributed by atoms with Gasteiger partial charge in [-0.05, 0) is 19.1 Å². The van der Waals surface area contributed by atoms with Crippen molar-refractivity contribution < 1.29 is 18.3 Å². The van der Waals surface area contributed by atoms with E-state index in [2.05, 4.69) is 0 Å². The van der Waals surface area contributed by atoms with E-state index in [1.807, 2.05) is 0 Å². The van der Waals surface area contributed by atoms with Gasteiger partial charge in [-0.25, -0.2) is 0 Å². The molecular formula is C9H9ClF3NO. The van der Waals surface area contributed by atoms with Gasteiger partial charge in [0.1, 0.15) is 5.75 Å². The van der Waals surface area contributed by atoms with Gasteiger partial charge in [0.15, 0.2) is 0 Å². The maximum atomic E-state index is 12.4. The maximum Gasteiger partial charge on any atom is 0.416 e. The largest absolute Gasteiger partial charge is 0.506 e. The van der Waals surface area contributed by atoms with Crippen LogP contribution in [0, 0.1) is 0 Å². The summed E-state index contributed by atoms with van der Waals surface area (Å²) in [5.74, 6) is -0.403. The molecule has 0 aliphatic heterocycles. The van der Waals surface area contributed by atoms with Crippen LogP contribution in [0.1, 0.15) is 24.1 Å². The van der Waals surface area contributed by atoms with Crippen LogP contribution in [0.5, 0.6) is 5.75 Å². The van der Waals surface area contributed by atoms with Crippen molar-refractivity contribution in [3.05, 3.63) is 28.3 Å². The number of hydrogen-bond donors (Lipinski definition) is 2. The van der Waals surface area contributed by atoms with Crippen LogP contribution in [-0.4, -0.2) is 5.11 Å². The van der Waals surface area contributed by atoms with Crippen LogP contribution >= 0.6 is 11.6 Å². The molecule has 1 unspecified atom stereocenters. The highest BCUT2D eigenvalue weighted by Crippen LogP contribution is 2.38. The summed E-state index contributed by atoms with van der Waals surface area (Å²) in [6, 6.07) is 0.749. The van der Waals surface area contributed by atoms with E-state index in [-0.39, 0.29) is 10.6 Å². The van der Waals surface area contributed by atoms with E-state index in [0.29, 0.717) is 6.07 Å². The summed E-state index contributed by atoms with van der Waals surface area (Å²) < 4.78 is 37.1. The van der Waals surface area contributed by atoms with E-state index in [9.17, 15) is 18.3 Å². The summed E-state index contributed by atoms with van der Waals surface area (Å²) >= 11 is 5.46. The van der Waals surface area contributed by atoms with E-state index in [1.54, 1.807) is 0 Å². The topological polar surface area (TPSA) is 46.2 Å². The monoisotopic (exact) mass is 239 g/mol. The molecule has 0 aliphatic rings. The molecule has 15 heavy (non-hydrogen) atoms. The first kappa shape index (κ1) is 12.1. The fraction of sp³-hybridized carbons (Fsp3) is 0.333. The first-order chi connectivity index (χ1) is 6.73. The number of nitrogens with two attached hydrogens (primary N) is 1. The molecular weight excluding hydrogens is 231 g/mol. The van der Waals surface area contributed by atoms with Crippen molar-refractivity contribution in [2.45, 2.75) is 19.1 Å². The molecule has 0 amide bonds. The Morgan fingerprint density at radius 3 is 2.33 bits per heavy atom. The molecule has 84 valence electrons. The normalized spacial score (nSPS) is 14.0. The minimum Gasteiger partial charge on any atom is -0.506 e. The fourth-order valence-electron chi connectivity index (χ4n) is 1.13. The molecule has 0 fully saturated rings. The van der Waals surface area contributed by atoms with Crippen LogP contribution in [0.2, 0.25) is 5.02 Å². The molecule has 1 rings (SSSR count). The molecule has 1 aromatic carbocycles. The molecule has 2 nitrogen and oxygen atoms in total. The van der Waals surface area contributed by atoms with Gasteiger partial charge >= 0.3 is 6.18 Å². The standard InChI is InChI=1S/C9H9ClF3NO/c1-4(14)6-2-5(9(11,12)13)3-7(10)8(6)15/h2-4,15H,14H2,1H3. The van der Waals surface area contributed by atoms with Gasteiger partial charge < -0.3 is 10.8 Å². The van der Waals surface area contributed by atoms with Gasteiger partial charge in [0.25, 0.3) is 0 Å². The Hall–Kier alpha value is -0.940. The summed E-state index contributed by atoms with van der Waals surface area (Å²) in [5, 5.41) is 9.03. The van der Waals surface area contributed by atoms with Crippen LogP contribution in [0.4, 0.5) is 13.2 Å². The lowest BCUT2D eigenvalue weighted by Crippen LogP contribution is -2.10. The Bertz CT molecular complexity index is 376. The first-order valence-electron chi connectivity index (χ1n) is 4.08. The minimum atomic E-state index is -4.50. The molecule has 0 bridgehead atoms. The average Bonchev–Trinajstić information content (AvgIpc) is 2.06. The number of phenolic OH excluding ortho intramolecular Hbond substituents is 1. The Kier molecular flexibility index (Phi) is 3.16. The molecule has 0 radical (unpaired) electrons. The number of benzene rings is 1. The van der Waals surface area contributed by atoms with Crippen molar-refractivity contribution in [3.8, 4) is 5.75 Å².